The van der Waals surface area contributed by atoms with Crippen LogP contribution in [0.25, 0.3) is 0 Å². The second-order valence-electron chi connectivity index (χ2n) is 2.71. The average molecular weight is 160 g/mol. The van der Waals surface area contributed by atoms with Crippen LogP contribution in [-0.4, -0.2) is 0 Å². The smallest absolute Gasteiger partial charge is 0.0622 e. The highest BCUT2D eigenvalue weighted by Gasteiger charge is 2.03. The molecule has 0 aliphatic heterocycles. The first-order valence-corrected chi connectivity index (χ1v) is 4.02. The molecule has 0 saturated carbocycles. The molecule has 1 atom stereocenters. The Morgan fingerprint density at radius 1 is 1.33 bits per heavy atom. The van der Waals surface area contributed by atoms with E-state index in [4.69, 9.17) is 11.0 Å². The normalized spacial score (nSPS) is 12.0. The zero-order chi connectivity index (χ0) is 8.81. The Labute approximate surface area is 72.6 Å². The Hall–Kier alpha value is -1.33. The van der Waals surface area contributed by atoms with E-state index >= 15 is 0 Å². The van der Waals surface area contributed by atoms with E-state index in [1.165, 1.54) is 0 Å². The minimum absolute atomic E-state index is 0.00542. The lowest BCUT2D eigenvalue weighted by molar-refractivity contribution is 0.665. The SMILES string of the molecule is N#CCCC(N)c1ccccc1. The highest BCUT2D eigenvalue weighted by molar-refractivity contribution is 5.18. The van der Waals surface area contributed by atoms with Gasteiger partial charge in [-0.1, -0.05) is 30.3 Å². The fraction of sp³-hybridized carbons (Fsp3) is 0.300. The topological polar surface area (TPSA) is 49.8 Å². The largest absolute Gasteiger partial charge is 0.324 e. The molecule has 0 aliphatic carbocycles. The predicted molar refractivity (Wildman–Crippen MR) is 48.2 cm³/mol. The first kappa shape index (κ1) is 8.76. The summed E-state index contributed by atoms with van der Waals surface area (Å²) in [6, 6.07) is 11.9. The van der Waals surface area contributed by atoms with E-state index in [0.717, 1.165) is 12.0 Å². The van der Waals surface area contributed by atoms with Crippen molar-refractivity contribution in [2.24, 2.45) is 5.73 Å². The van der Waals surface area contributed by atoms with Gasteiger partial charge in [0.2, 0.25) is 0 Å². The van der Waals surface area contributed by atoms with E-state index in [0.29, 0.717) is 6.42 Å². The first-order chi connectivity index (χ1) is 5.84. The maximum atomic E-state index is 8.36. The van der Waals surface area contributed by atoms with Gasteiger partial charge in [0.15, 0.2) is 0 Å². The molecule has 1 aromatic rings. The fourth-order valence-corrected chi connectivity index (χ4v) is 1.09. The summed E-state index contributed by atoms with van der Waals surface area (Å²) in [4.78, 5) is 0. The van der Waals surface area contributed by atoms with Crippen LogP contribution in [0, 0.1) is 11.3 Å². The van der Waals surface area contributed by atoms with Gasteiger partial charge < -0.3 is 5.73 Å². The Morgan fingerprint density at radius 3 is 2.58 bits per heavy atom. The Balaban J connectivity index is 2.55. The Bertz CT molecular complexity index is 261. The van der Waals surface area contributed by atoms with Crippen molar-refractivity contribution in [1.82, 2.24) is 0 Å². The number of nitrogens with two attached hydrogens (primary N) is 1. The van der Waals surface area contributed by atoms with Crippen LogP contribution in [0.15, 0.2) is 30.3 Å². The second-order valence-corrected chi connectivity index (χ2v) is 2.71. The zero-order valence-corrected chi connectivity index (χ0v) is 6.90. The van der Waals surface area contributed by atoms with Gasteiger partial charge in [0.1, 0.15) is 0 Å². The lowest BCUT2D eigenvalue weighted by atomic mass is 10.0. The summed E-state index contributed by atoms with van der Waals surface area (Å²) in [5.74, 6) is 0. The lowest BCUT2D eigenvalue weighted by Crippen LogP contribution is -2.09. The van der Waals surface area contributed by atoms with Crippen molar-refractivity contribution in [3.8, 4) is 6.07 Å². The molecule has 0 amide bonds. The zero-order valence-electron chi connectivity index (χ0n) is 6.90. The molecule has 1 aromatic carbocycles. The quantitative estimate of drug-likeness (QED) is 0.735. The van der Waals surface area contributed by atoms with Crippen molar-refractivity contribution in [1.29, 1.82) is 5.26 Å². The van der Waals surface area contributed by atoms with Crippen LogP contribution in [0.1, 0.15) is 24.4 Å². The minimum Gasteiger partial charge on any atom is -0.324 e. The highest BCUT2D eigenvalue weighted by Crippen LogP contribution is 2.14. The molecule has 0 heterocycles. The third kappa shape index (κ3) is 2.37. The lowest BCUT2D eigenvalue weighted by Gasteiger charge is -2.08. The van der Waals surface area contributed by atoms with E-state index < -0.39 is 0 Å². The number of hydrogen-bond acceptors (Lipinski definition) is 2. The molecule has 62 valence electrons. The third-order valence-electron chi connectivity index (χ3n) is 1.79. The van der Waals surface area contributed by atoms with Crippen LogP contribution < -0.4 is 5.73 Å². The van der Waals surface area contributed by atoms with Crippen LogP contribution in [0.4, 0.5) is 0 Å². The van der Waals surface area contributed by atoms with Gasteiger partial charge in [-0.3, -0.25) is 0 Å². The van der Waals surface area contributed by atoms with Gasteiger partial charge in [0.25, 0.3) is 0 Å². The molecule has 2 N–H and O–H groups in total. The molecule has 0 bridgehead atoms. The van der Waals surface area contributed by atoms with Crippen molar-refractivity contribution in [2.45, 2.75) is 18.9 Å². The monoisotopic (exact) mass is 160 g/mol. The maximum absolute atomic E-state index is 8.36. The van der Waals surface area contributed by atoms with E-state index in [1.807, 2.05) is 30.3 Å². The van der Waals surface area contributed by atoms with Crippen molar-refractivity contribution < 1.29 is 0 Å². The van der Waals surface area contributed by atoms with Gasteiger partial charge in [-0.15, -0.1) is 0 Å². The number of hydrogen-bond donors (Lipinski definition) is 1. The van der Waals surface area contributed by atoms with Crippen LogP contribution in [0.2, 0.25) is 0 Å². The molecule has 2 nitrogen and oxygen atoms in total. The van der Waals surface area contributed by atoms with Gasteiger partial charge in [-0.25, -0.2) is 0 Å². The van der Waals surface area contributed by atoms with Gasteiger partial charge in [-0.2, -0.15) is 5.26 Å². The fourth-order valence-electron chi connectivity index (χ4n) is 1.09. The number of rotatable bonds is 3. The van der Waals surface area contributed by atoms with Gasteiger partial charge in [0, 0.05) is 12.5 Å². The molecular weight excluding hydrogens is 148 g/mol. The summed E-state index contributed by atoms with van der Waals surface area (Å²) in [6.07, 6.45) is 1.26. The minimum atomic E-state index is 0.00542. The predicted octanol–water partition coefficient (Wildman–Crippen LogP) is 1.99. The summed E-state index contributed by atoms with van der Waals surface area (Å²) in [6.45, 7) is 0. The second kappa shape index (κ2) is 4.53. The molecular formula is C10H12N2. The van der Waals surface area contributed by atoms with Crippen molar-refractivity contribution in [3.05, 3.63) is 35.9 Å². The molecule has 0 aliphatic rings. The number of nitrogens with zero attached hydrogens (tertiary/aromatic N) is 1. The Morgan fingerprint density at radius 2 is 2.00 bits per heavy atom. The molecule has 0 saturated heterocycles. The molecule has 1 rings (SSSR count). The van der Waals surface area contributed by atoms with Crippen molar-refractivity contribution in [3.63, 3.8) is 0 Å². The molecule has 1 unspecified atom stereocenters. The van der Waals surface area contributed by atoms with Gasteiger partial charge >= 0.3 is 0 Å². The molecule has 0 fully saturated rings. The molecule has 0 aromatic heterocycles. The maximum Gasteiger partial charge on any atom is 0.0622 e. The standard InChI is InChI=1S/C10H12N2/c11-8-4-7-10(12)9-5-2-1-3-6-9/h1-3,5-6,10H,4,7,12H2. The summed E-state index contributed by atoms with van der Waals surface area (Å²) in [5, 5.41) is 8.36. The van der Waals surface area contributed by atoms with Gasteiger partial charge in [-0.05, 0) is 12.0 Å². The summed E-state index contributed by atoms with van der Waals surface area (Å²) in [5.41, 5.74) is 6.93. The molecule has 0 radical (unpaired) electrons. The summed E-state index contributed by atoms with van der Waals surface area (Å²) in [7, 11) is 0. The van der Waals surface area contributed by atoms with Crippen LogP contribution >= 0.6 is 0 Å². The van der Waals surface area contributed by atoms with Crippen molar-refractivity contribution in [2.75, 3.05) is 0 Å². The van der Waals surface area contributed by atoms with E-state index in [9.17, 15) is 0 Å². The number of nitriles is 1. The molecule has 2 heteroatoms. The van der Waals surface area contributed by atoms with Crippen LogP contribution in [-0.2, 0) is 0 Å². The van der Waals surface area contributed by atoms with E-state index in [2.05, 4.69) is 6.07 Å². The van der Waals surface area contributed by atoms with E-state index in [1.54, 1.807) is 0 Å². The first-order valence-electron chi connectivity index (χ1n) is 4.02. The van der Waals surface area contributed by atoms with Gasteiger partial charge in [0.05, 0.1) is 6.07 Å². The molecule has 0 spiro atoms. The third-order valence-corrected chi connectivity index (χ3v) is 1.79. The highest BCUT2D eigenvalue weighted by atomic mass is 14.6. The van der Waals surface area contributed by atoms with Crippen molar-refractivity contribution >= 4 is 0 Å². The average Bonchev–Trinajstić information content (AvgIpc) is 2.15. The Kier molecular flexibility index (Phi) is 3.31. The molecule has 12 heavy (non-hydrogen) atoms. The van der Waals surface area contributed by atoms with Crippen LogP contribution in [0.5, 0.6) is 0 Å². The van der Waals surface area contributed by atoms with E-state index in [-0.39, 0.29) is 6.04 Å². The van der Waals surface area contributed by atoms with Crippen LogP contribution in [0.3, 0.4) is 0 Å². The number of benzene rings is 1. The summed E-state index contributed by atoms with van der Waals surface area (Å²) < 4.78 is 0. The summed E-state index contributed by atoms with van der Waals surface area (Å²) >= 11 is 0.